The third kappa shape index (κ3) is 4.71. The number of ether oxygens (including phenoxy) is 1. The quantitative estimate of drug-likeness (QED) is 0.453. The minimum Gasteiger partial charge on any atom is -0.466 e. The maximum absolute atomic E-state index is 11.4. The zero-order chi connectivity index (χ0) is 13.5. The number of esters is 1. The van der Waals surface area contributed by atoms with Crippen LogP contribution in [0.2, 0.25) is 5.02 Å². The predicted molar refractivity (Wildman–Crippen MR) is 67.3 cm³/mol. The van der Waals surface area contributed by atoms with Crippen LogP contribution in [-0.4, -0.2) is 24.0 Å². The number of nitro groups is 1. The molecule has 0 heterocycles. The summed E-state index contributed by atoms with van der Waals surface area (Å²) >= 11 is 5.75. The van der Waals surface area contributed by atoms with Crippen molar-refractivity contribution in [3.05, 3.63) is 45.0 Å². The molecule has 6 heteroatoms. The van der Waals surface area contributed by atoms with Crippen LogP contribution in [0.1, 0.15) is 24.8 Å². The number of rotatable bonds is 6. The summed E-state index contributed by atoms with van der Waals surface area (Å²) in [5.74, 6) is -0.921. The normalized spacial score (nSPS) is 11.9. The van der Waals surface area contributed by atoms with Gasteiger partial charge in [0.25, 0.3) is 0 Å². The first kappa shape index (κ1) is 14.4. The molecule has 1 rings (SSSR count). The number of hydrogen-bond donors (Lipinski definition) is 0. The summed E-state index contributed by atoms with van der Waals surface area (Å²) in [6.45, 7) is 1.66. The van der Waals surface area contributed by atoms with E-state index < -0.39 is 16.8 Å². The molecule has 5 nitrogen and oxygen atoms in total. The van der Waals surface area contributed by atoms with E-state index >= 15 is 0 Å². The Hall–Kier alpha value is -1.62. The Labute approximate surface area is 110 Å². The Morgan fingerprint density at radius 1 is 1.44 bits per heavy atom. The highest BCUT2D eigenvalue weighted by Crippen LogP contribution is 2.22. The van der Waals surface area contributed by atoms with E-state index in [1.807, 2.05) is 0 Å². The lowest BCUT2D eigenvalue weighted by atomic mass is 9.96. The maximum Gasteiger partial charge on any atom is 0.306 e. The largest absolute Gasteiger partial charge is 0.466 e. The Bertz CT molecular complexity index is 419. The monoisotopic (exact) mass is 271 g/mol. The molecule has 0 spiro atoms. The molecule has 0 aliphatic rings. The molecule has 0 amide bonds. The molecule has 0 saturated carbocycles. The molecule has 18 heavy (non-hydrogen) atoms. The number of halogens is 1. The molecule has 1 aromatic carbocycles. The second kappa shape index (κ2) is 6.96. The summed E-state index contributed by atoms with van der Waals surface area (Å²) < 4.78 is 4.81. The van der Waals surface area contributed by atoms with Crippen molar-refractivity contribution in [2.45, 2.75) is 19.3 Å². The zero-order valence-corrected chi connectivity index (χ0v) is 10.7. The minimum absolute atomic E-state index is 0.00352. The van der Waals surface area contributed by atoms with Gasteiger partial charge in [-0.25, -0.2) is 0 Å². The molecule has 0 unspecified atom stereocenters. The highest BCUT2D eigenvalue weighted by molar-refractivity contribution is 6.30. The molecule has 0 bridgehead atoms. The van der Waals surface area contributed by atoms with Crippen molar-refractivity contribution in [3.8, 4) is 0 Å². The standard InChI is InChI=1S/C12H14ClNO4/c1-2-18-12(15)7-10(8-14(16)17)9-3-5-11(13)6-4-9/h3-6,10H,2,7-8H2,1H3/t10-/m0/s1. The van der Waals surface area contributed by atoms with E-state index in [0.29, 0.717) is 10.6 Å². The van der Waals surface area contributed by atoms with Crippen LogP contribution in [0, 0.1) is 10.1 Å². The van der Waals surface area contributed by atoms with Gasteiger partial charge in [0.2, 0.25) is 6.54 Å². The second-order valence-electron chi connectivity index (χ2n) is 3.77. The molecule has 0 radical (unpaired) electrons. The van der Waals surface area contributed by atoms with Crippen molar-refractivity contribution in [2.75, 3.05) is 13.2 Å². The predicted octanol–water partition coefficient (Wildman–Crippen LogP) is 2.65. The SMILES string of the molecule is CCOC(=O)C[C@@H](C[N+](=O)[O-])c1ccc(Cl)cc1. The van der Waals surface area contributed by atoms with Crippen LogP contribution >= 0.6 is 11.6 Å². The fraction of sp³-hybridized carbons (Fsp3) is 0.417. The van der Waals surface area contributed by atoms with Gasteiger partial charge in [0, 0.05) is 9.95 Å². The lowest BCUT2D eigenvalue weighted by molar-refractivity contribution is -0.483. The molecule has 1 aromatic rings. The Morgan fingerprint density at radius 2 is 2.06 bits per heavy atom. The first-order chi connectivity index (χ1) is 8.52. The number of hydrogen-bond acceptors (Lipinski definition) is 4. The molecule has 0 aromatic heterocycles. The topological polar surface area (TPSA) is 69.4 Å². The number of carbonyl (C=O) groups is 1. The van der Waals surface area contributed by atoms with Crippen LogP contribution < -0.4 is 0 Å². The van der Waals surface area contributed by atoms with E-state index in [2.05, 4.69) is 0 Å². The van der Waals surface area contributed by atoms with Crippen LogP contribution in [0.4, 0.5) is 0 Å². The summed E-state index contributed by atoms with van der Waals surface area (Å²) in [5, 5.41) is 11.2. The van der Waals surface area contributed by atoms with Crippen molar-refractivity contribution in [1.82, 2.24) is 0 Å². The highest BCUT2D eigenvalue weighted by Gasteiger charge is 2.22. The fourth-order valence-electron chi connectivity index (χ4n) is 1.62. The maximum atomic E-state index is 11.4. The average molecular weight is 272 g/mol. The first-order valence-electron chi connectivity index (χ1n) is 5.55. The molecular weight excluding hydrogens is 258 g/mol. The average Bonchev–Trinajstić information content (AvgIpc) is 2.28. The van der Waals surface area contributed by atoms with Gasteiger partial charge < -0.3 is 4.74 Å². The minimum atomic E-state index is -0.490. The van der Waals surface area contributed by atoms with E-state index in [4.69, 9.17) is 16.3 Å². The summed E-state index contributed by atoms with van der Waals surface area (Å²) in [5.41, 5.74) is 0.712. The summed E-state index contributed by atoms with van der Waals surface area (Å²) in [6.07, 6.45) is -0.00352. The van der Waals surface area contributed by atoms with Gasteiger partial charge in [-0.1, -0.05) is 23.7 Å². The summed E-state index contributed by atoms with van der Waals surface area (Å²) in [6, 6.07) is 6.68. The van der Waals surface area contributed by atoms with Crippen molar-refractivity contribution < 1.29 is 14.5 Å². The molecular formula is C12H14ClNO4. The van der Waals surface area contributed by atoms with Gasteiger partial charge in [-0.15, -0.1) is 0 Å². The van der Waals surface area contributed by atoms with Crippen LogP contribution in [0.25, 0.3) is 0 Å². The fourth-order valence-corrected chi connectivity index (χ4v) is 1.75. The molecule has 0 aliphatic heterocycles. The lowest BCUT2D eigenvalue weighted by Gasteiger charge is -2.12. The molecule has 0 fully saturated rings. The summed E-state index contributed by atoms with van der Waals surface area (Å²) in [7, 11) is 0. The molecule has 0 N–H and O–H groups in total. The van der Waals surface area contributed by atoms with Crippen LogP contribution in [0.3, 0.4) is 0 Å². The Balaban J connectivity index is 2.80. The van der Waals surface area contributed by atoms with Crippen LogP contribution in [0.15, 0.2) is 24.3 Å². The van der Waals surface area contributed by atoms with E-state index in [1.54, 1.807) is 31.2 Å². The van der Waals surface area contributed by atoms with Crippen LogP contribution in [-0.2, 0) is 9.53 Å². The highest BCUT2D eigenvalue weighted by atomic mass is 35.5. The number of nitrogens with zero attached hydrogens (tertiary/aromatic N) is 1. The third-order valence-electron chi connectivity index (χ3n) is 2.43. The van der Waals surface area contributed by atoms with Gasteiger partial charge in [0.05, 0.1) is 18.9 Å². The van der Waals surface area contributed by atoms with Gasteiger partial charge in [-0.3, -0.25) is 14.9 Å². The second-order valence-corrected chi connectivity index (χ2v) is 4.21. The lowest BCUT2D eigenvalue weighted by Crippen LogP contribution is -2.17. The Kier molecular flexibility index (Phi) is 5.58. The van der Waals surface area contributed by atoms with Gasteiger partial charge in [-0.2, -0.15) is 0 Å². The van der Waals surface area contributed by atoms with E-state index in [-0.39, 0.29) is 19.6 Å². The molecule has 1 atom stereocenters. The van der Waals surface area contributed by atoms with Gasteiger partial charge in [0.1, 0.15) is 0 Å². The van der Waals surface area contributed by atoms with Crippen molar-refractivity contribution in [1.29, 1.82) is 0 Å². The van der Waals surface area contributed by atoms with E-state index in [9.17, 15) is 14.9 Å². The van der Waals surface area contributed by atoms with Gasteiger partial charge >= 0.3 is 5.97 Å². The third-order valence-corrected chi connectivity index (χ3v) is 2.68. The molecule has 0 aliphatic carbocycles. The van der Waals surface area contributed by atoms with Crippen molar-refractivity contribution in [2.24, 2.45) is 0 Å². The molecule has 98 valence electrons. The zero-order valence-electron chi connectivity index (χ0n) is 9.97. The van der Waals surface area contributed by atoms with E-state index in [0.717, 1.165) is 0 Å². The summed E-state index contributed by atoms with van der Waals surface area (Å²) in [4.78, 5) is 21.6. The van der Waals surface area contributed by atoms with Gasteiger partial charge in [0.15, 0.2) is 0 Å². The smallest absolute Gasteiger partial charge is 0.306 e. The first-order valence-corrected chi connectivity index (χ1v) is 5.93. The number of benzene rings is 1. The van der Waals surface area contributed by atoms with Gasteiger partial charge in [-0.05, 0) is 24.6 Å². The van der Waals surface area contributed by atoms with Crippen molar-refractivity contribution >= 4 is 17.6 Å². The van der Waals surface area contributed by atoms with Crippen LogP contribution in [0.5, 0.6) is 0 Å². The molecule has 0 saturated heterocycles. The Morgan fingerprint density at radius 3 is 2.56 bits per heavy atom. The van der Waals surface area contributed by atoms with E-state index in [1.165, 1.54) is 0 Å². The van der Waals surface area contributed by atoms with Crippen molar-refractivity contribution in [3.63, 3.8) is 0 Å². The number of carbonyl (C=O) groups excluding carboxylic acids is 1.